The van der Waals surface area contributed by atoms with Crippen molar-refractivity contribution in [2.45, 2.75) is 66.4 Å². The van der Waals surface area contributed by atoms with Gasteiger partial charge in [-0.25, -0.2) is 23.6 Å². The van der Waals surface area contributed by atoms with Gasteiger partial charge in [-0.1, -0.05) is 24.3 Å². The van der Waals surface area contributed by atoms with E-state index in [-0.39, 0.29) is 23.9 Å². The number of benzene rings is 2. The molecule has 0 radical (unpaired) electrons. The Morgan fingerprint density at radius 1 is 0.741 bits per heavy atom. The minimum atomic E-state index is -0.797. The van der Waals surface area contributed by atoms with E-state index >= 15 is 0 Å². The average Bonchev–Trinajstić information content (AvgIpc) is 3.81. The summed E-state index contributed by atoms with van der Waals surface area (Å²) >= 11 is 0. The zero-order valence-electron chi connectivity index (χ0n) is 30.8. The van der Waals surface area contributed by atoms with Gasteiger partial charge in [-0.15, -0.1) is 0 Å². The molecule has 0 bridgehead atoms. The minimum absolute atomic E-state index is 0.181. The highest BCUT2D eigenvalue weighted by atomic mass is 16.6. The number of esters is 3. The Morgan fingerprint density at radius 3 is 1.67 bits per heavy atom. The SMILES string of the molecule is CCOC(=O)C1=C(C)NC(C)=C(C(=O)C#CO)C1c1cccc2nonc12.COC(=O)C1=C(C)NC(C)=C(C(=O)OC(C)C)C1c1cccc2nonc12. The molecule has 4 aromatic rings. The van der Waals surface area contributed by atoms with Gasteiger partial charge in [0, 0.05) is 34.3 Å². The summed E-state index contributed by atoms with van der Waals surface area (Å²) in [4.78, 5) is 50.8. The van der Waals surface area contributed by atoms with E-state index < -0.39 is 35.5 Å². The van der Waals surface area contributed by atoms with Crippen molar-refractivity contribution >= 4 is 45.8 Å². The molecule has 2 unspecified atom stereocenters. The number of methoxy groups -OCH3 is 1. The van der Waals surface area contributed by atoms with Crippen LogP contribution in [0.4, 0.5) is 0 Å². The van der Waals surface area contributed by atoms with Crippen LogP contribution < -0.4 is 10.6 Å². The number of carbonyl (C=O) groups is 4. The molecule has 2 aliphatic rings. The van der Waals surface area contributed by atoms with E-state index in [1.165, 1.54) is 7.11 Å². The molecule has 0 amide bonds. The van der Waals surface area contributed by atoms with Gasteiger partial charge in [0.05, 0.1) is 48.4 Å². The topological polar surface area (TPSA) is 218 Å². The van der Waals surface area contributed by atoms with E-state index in [0.717, 1.165) is 0 Å². The number of hydrogen-bond donors (Lipinski definition) is 3. The molecule has 54 heavy (non-hydrogen) atoms. The lowest BCUT2D eigenvalue weighted by atomic mass is 9.78. The smallest absolute Gasteiger partial charge is 0.337 e. The molecule has 0 saturated carbocycles. The lowest BCUT2D eigenvalue weighted by molar-refractivity contribution is -0.143. The van der Waals surface area contributed by atoms with Gasteiger partial charge in [0.25, 0.3) is 0 Å². The van der Waals surface area contributed by atoms with Crippen LogP contribution in [-0.2, 0) is 33.4 Å². The molecule has 2 aromatic carbocycles. The second kappa shape index (κ2) is 16.3. The Kier molecular flexibility index (Phi) is 11.6. The molecule has 0 aliphatic carbocycles. The van der Waals surface area contributed by atoms with Crippen molar-refractivity contribution < 1.29 is 47.8 Å². The number of Topliss-reactive ketones (excluding diaryl/α,β-unsaturated/α-hetero) is 1. The maximum Gasteiger partial charge on any atom is 0.337 e. The van der Waals surface area contributed by atoms with E-state index in [1.807, 2.05) is 0 Å². The van der Waals surface area contributed by atoms with Crippen molar-refractivity contribution in [3.05, 3.63) is 92.6 Å². The maximum atomic E-state index is 12.9. The second-order valence-electron chi connectivity index (χ2n) is 12.5. The van der Waals surface area contributed by atoms with E-state index in [0.29, 0.717) is 67.1 Å². The summed E-state index contributed by atoms with van der Waals surface area (Å²) in [6, 6.07) is 10.5. The first kappa shape index (κ1) is 38.5. The van der Waals surface area contributed by atoms with Gasteiger partial charge >= 0.3 is 17.9 Å². The Bertz CT molecular complexity index is 2350. The normalized spacial score (nSPS) is 17.0. The Labute approximate surface area is 309 Å². The fourth-order valence-corrected chi connectivity index (χ4v) is 6.56. The molecule has 3 N–H and O–H groups in total. The third-order valence-electron chi connectivity index (χ3n) is 8.65. The molecular formula is C38H38N6O10. The lowest BCUT2D eigenvalue weighted by Crippen LogP contribution is -2.33. The average molecular weight is 739 g/mol. The summed E-state index contributed by atoms with van der Waals surface area (Å²) < 4.78 is 25.3. The van der Waals surface area contributed by atoms with E-state index in [4.69, 9.17) is 28.6 Å². The monoisotopic (exact) mass is 738 g/mol. The van der Waals surface area contributed by atoms with Gasteiger partial charge in [0.15, 0.2) is 0 Å². The first-order valence-electron chi connectivity index (χ1n) is 16.8. The fourth-order valence-electron chi connectivity index (χ4n) is 6.56. The molecule has 16 heteroatoms. The number of hydrogen-bond acceptors (Lipinski definition) is 16. The maximum absolute atomic E-state index is 12.9. The number of dihydropyridines is 2. The highest BCUT2D eigenvalue weighted by Gasteiger charge is 2.40. The summed E-state index contributed by atoms with van der Waals surface area (Å²) in [5.74, 6) is -1.62. The number of ketones is 1. The third kappa shape index (κ3) is 7.42. The predicted molar refractivity (Wildman–Crippen MR) is 191 cm³/mol. The summed E-state index contributed by atoms with van der Waals surface area (Å²) in [5, 5.41) is 30.6. The molecule has 4 heterocycles. The van der Waals surface area contributed by atoms with Crippen LogP contribution >= 0.6 is 0 Å². The lowest BCUT2D eigenvalue weighted by Gasteiger charge is -2.30. The number of aromatic nitrogens is 4. The Morgan fingerprint density at radius 2 is 1.20 bits per heavy atom. The molecule has 0 spiro atoms. The molecule has 2 atom stereocenters. The van der Waals surface area contributed by atoms with Crippen molar-refractivity contribution in [2.24, 2.45) is 0 Å². The highest BCUT2D eigenvalue weighted by molar-refractivity contribution is 6.12. The number of aliphatic hydroxyl groups is 1. The molecule has 0 fully saturated rings. The van der Waals surface area contributed by atoms with Gasteiger partial charge in [0.1, 0.15) is 28.2 Å². The van der Waals surface area contributed by atoms with Crippen molar-refractivity contribution in [3.8, 4) is 12.0 Å². The van der Waals surface area contributed by atoms with E-state index in [1.54, 1.807) is 91.0 Å². The summed E-state index contributed by atoms with van der Waals surface area (Å²) in [5.41, 5.74) is 6.49. The van der Waals surface area contributed by atoms with Crippen LogP contribution in [0.25, 0.3) is 22.1 Å². The highest BCUT2D eigenvalue weighted by Crippen LogP contribution is 2.42. The van der Waals surface area contributed by atoms with Crippen LogP contribution in [0.15, 0.2) is 90.7 Å². The number of nitrogens with zero attached hydrogens (tertiary/aromatic N) is 4. The fraction of sp³-hybridized carbons (Fsp3) is 0.316. The minimum Gasteiger partial charge on any atom is -0.466 e. The summed E-state index contributed by atoms with van der Waals surface area (Å²) in [6.45, 7) is 12.4. The van der Waals surface area contributed by atoms with Crippen LogP contribution in [0.5, 0.6) is 0 Å². The van der Waals surface area contributed by atoms with Crippen molar-refractivity contribution in [3.63, 3.8) is 0 Å². The molecule has 0 saturated heterocycles. The van der Waals surface area contributed by atoms with Crippen LogP contribution in [0, 0.1) is 12.0 Å². The molecular weight excluding hydrogens is 700 g/mol. The number of rotatable bonds is 8. The van der Waals surface area contributed by atoms with Crippen LogP contribution in [0.3, 0.4) is 0 Å². The van der Waals surface area contributed by atoms with Gasteiger partial charge in [-0.3, -0.25) is 4.79 Å². The second-order valence-corrected chi connectivity index (χ2v) is 12.5. The van der Waals surface area contributed by atoms with Gasteiger partial charge < -0.3 is 30.0 Å². The molecule has 2 aromatic heterocycles. The van der Waals surface area contributed by atoms with Crippen LogP contribution in [0.2, 0.25) is 0 Å². The Balaban J connectivity index is 0.000000208. The molecule has 2 aliphatic heterocycles. The van der Waals surface area contributed by atoms with Gasteiger partial charge in [-0.05, 0) is 92.4 Å². The largest absolute Gasteiger partial charge is 0.466 e. The van der Waals surface area contributed by atoms with E-state index in [9.17, 15) is 19.2 Å². The molecule has 280 valence electrons. The number of aliphatic hydroxyl groups excluding tert-OH is 1. The standard InChI is InChI=1S/C19H21N3O5.C19H17N3O5/c1-9(2)26-19(24)15-11(4)20-10(3)14(18(23)25-5)16(15)12-7-6-8-13-17(12)22-27-21-13;1-4-26-19(25)16-11(3)20-10(2)15(14(24)8-9-23)17(16)12-6-5-7-13-18(12)22-27-21-13/h6-9,16,20H,1-5H3;5-7,17,20,23H,4H2,1-3H3. The molecule has 16 nitrogen and oxygen atoms in total. The van der Waals surface area contributed by atoms with Crippen LogP contribution in [0.1, 0.15) is 71.4 Å². The van der Waals surface area contributed by atoms with Gasteiger partial charge in [-0.2, -0.15) is 0 Å². The first-order chi connectivity index (χ1) is 25.8. The van der Waals surface area contributed by atoms with Crippen LogP contribution in [-0.4, -0.2) is 69.2 Å². The van der Waals surface area contributed by atoms with Gasteiger partial charge in [0.2, 0.25) is 5.78 Å². The first-order valence-corrected chi connectivity index (χ1v) is 16.8. The number of fused-ring (bicyclic) bond motifs is 2. The number of nitrogens with one attached hydrogen (secondary N) is 2. The molecule has 6 rings (SSSR count). The number of carbonyl (C=O) groups excluding carboxylic acids is 4. The van der Waals surface area contributed by atoms with Crippen molar-refractivity contribution in [1.29, 1.82) is 0 Å². The quantitative estimate of drug-likeness (QED) is 0.129. The van der Waals surface area contributed by atoms with Crippen molar-refractivity contribution in [1.82, 2.24) is 31.3 Å². The Hall–Kier alpha value is -6.76. The zero-order valence-corrected chi connectivity index (χ0v) is 30.8. The zero-order chi connectivity index (χ0) is 39.3. The predicted octanol–water partition coefficient (Wildman–Crippen LogP) is 4.51. The van der Waals surface area contributed by atoms with Crippen molar-refractivity contribution in [2.75, 3.05) is 13.7 Å². The van der Waals surface area contributed by atoms with E-state index in [2.05, 4.69) is 37.2 Å². The summed E-state index contributed by atoms with van der Waals surface area (Å²) in [7, 11) is 1.30. The summed E-state index contributed by atoms with van der Waals surface area (Å²) in [6.07, 6.45) is 1.32. The number of ether oxygens (including phenoxy) is 3. The number of allylic oxidation sites excluding steroid dienone is 5. The third-order valence-corrected chi connectivity index (χ3v) is 8.65.